The second-order valence-electron chi connectivity index (χ2n) is 12.9. The number of nitrogens with zero attached hydrogens (tertiary/aromatic N) is 10. The van der Waals surface area contributed by atoms with Crippen LogP contribution in [0.1, 0.15) is 27.7 Å². The number of aliphatic hydroxyl groups is 2. The zero-order valence-corrected chi connectivity index (χ0v) is 38.4. The number of aromatic nitrogens is 3. The van der Waals surface area contributed by atoms with Crippen LogP contribution in [-0.4, -0.2) is 118 Å². The molecular formula is C37H48N12O10S4. The molecule has 0 unspecified atom stereocenters. The highest BCUT2D eigenvalue weighted by atomic mass is 32.2. The van der Waals surface area contributed by atoms with Gasteiger partial charge in [0.15, 0.2) is 10.0 Å². The van der Waals surface area contributed by atoms with Crippen molar-refractivity contribution >= 4 is 105 Å². The Bertz CT molecular complexity index is 2460. The van der Waals surface area contributed by atoms with Gasteiger partial charge in [0.2, 0.25) is 17.8 Å². The molecule has 0 aliphatic heterocycles. The number of rotatable bonds is 23. The summed E-state index contributed by atoms with van der Waals surface area (Å²) < 4.78 is 79.2. The second kappa shape index (κ2) is 21.7. The minimum atomic E-state index is -4.61. The van der Waals surface area contributed by atoms with Gasteiger partial charge in [-0.3, -0.25) is 9.11 Å². The molecule has 5 aromatic rings. The summed E-state index contributed by atoms with van der Waals surface area (Å²) in [5.41, 5.74) is 2.23. The summed E-state index contributed by atoms with van der Waals surface area (Å²) in [5.74, 6) is 0.773. The van der Waals surface area contributed by atoms with Crippen LogP contribution in [-0.2, 0) is 20.2 Å². The zero-order chi connectivity index (χ0) is 45.9. The molecule has 3 aromatic heterocycles. The molecular weight excluding hydrogens is 901 g/mol. The lowest BCUT2D eigenvalue weighted by atomic mass is 10.2. The van der Waals surface area contributed by atoms with Crippen molar-refractivity contribution in [3.05, 3.63) is 47.2 Å². The molecule has 0 saturated carbocycles. The standard InChI is InChI=1S/C37H48N12O10S4/c1-7-47(8-2)27-19-23(25(21-29(27)58-5)43-45-33-31(11-17-60-33)62(52,53)54)38-35-40-36(42-37(41-35)49(13-15-50)14-16-51)39-24-20-28(48(9-3)10-4)30(59-6)22-26(24)44-46-34-32(12-18-61-34)63(55,56)57/h11-12,17-22,50-51H,7-10,13-16H2,1-6H3,(H,52,53,54)(H,55,56,57)(H2,38,39,40,41,42)/b45-43+,46-44+. The fourth-order valence-corrected chi connectivity index (χ4v) is 9.47. The van der Waals surface area contributed by atoms with Gasteiger partial charge in [-0.2, -0.15) is 31.8 Å². The van der Waals surface area contributed by atoms with Gasteiger partial charge in [-0.15, -0.1) is 43.1 Å². The van der Waals surface area contributed by atoms with Gasteiger partial charge in [0.05, 0.1) is 50.2 Å². The number of aliphatic hydroxyl groups excluding tert-OH is 2. The molecule has 6 N–H and O–H groups in total. The largest absolute Gasteiger partial charge is 0.494 e. The predicted octanol–water partition coefficient (Wildman–Crippen LogP) is 7.31. The number of nitrogens with one attached hydrogen (secondary N) is 2. The first-order valence-corrected chi connectivity index (χ1v) is 23.9. The third kappa shape index (κ3) is 11.9. The Morgan fingerprint density at radius 2 is 1.02 bits per heavy atom. The molecule has 0 bridgehead atoms. The Balaban J connectivity index is 1.72. The maximum absolute atomic E-state index is 12.0. The number of hydrogen-bond donors (Lipinski definition) is 6. The van der Waals surface area contributed by atoms with E-state index in [1.807, 2.05) is 37.5 Å². The van der Waals surface area contributed by atoms with Crippen LogP contribution >= 0.6 is 22.7 Å². The third-order valence-electron chi connectivity index (χ3n) is 9.21. The van der Waals surface area contributed by atoms with E-state index in [9.17, 15) is 36.2 Å². The highest BCUT2D eigenvalue weighted by Gasteiger charge is 2.23. The van der Waals surface area contributed by atoms with Crippen LogP contribution in [0, 0.1) is 0 Å². The van der Waals surface area contributed by atoms with Gasteiger partial charge in [0.25, 0.3) is 20.2 Å². The van der Waals surface area contributed by atoms with Crippen molar-refractivity contribution in [2.24, 2.45) is 20.5 Å². The van der Waals surface area contributed by atoms with Crippen molar-refractivity contribution in [1.82, 2.24) is 15.0 Å². The fourth-order valence-electron chi connectivity index (χ4n) is 6.16. The summed E-state index contributed by atoms with van der Waals surface area (Å²) in [6.07, 6.45) is 0. The maximum atomic E-state index is 12.0. The molecule has 0 radical (unpaired) electrons. The number of anilines is 7. The highest BCUT2D eigenvalue weighted by Crippen LogP contribution is 2.43. The number of benzene rings is 2. The molecule has 0 aliphatic rings. The molecule has 0 amide bonds. The summed E-state index contributed by atoms with van der Waals surface area (Å²) in [5, 5.41) is 46.1. The molecule has 63 heavy (non-hydrogen) atoms. The number of hydrogen-bond acceptors (Lipinski definition) is 22. The first kappa shape index (κ1) is 48.4. The van der Waals surface area contributed by atoms with Crippen molar-refractivity contribution in [3.8, 4) is 11.5 Å². The normalized spacial score (nSPS) is 12.0. The van der Waals surface area contributed by atoms with Gasteiger partial charge in [0, 0.05) is 51.4 Å². The average Bonchev–Trinajstić information content (AvgIpc) is 3.95. The minimum absolute atomic E-state index is 0.0273. The lowest BCUT2D eigenvalue weighted by Gasteiger charge is -2.25. The van der Waals surface area contributed by atoms with Crippen molar-refractivity contribution in [2.75, 3.05) is 92.0 Å². The van der Waals surface area contributed by atoms with Crippen LogP contribution in [0.2, 0.25) is 0 Å². The molecule has 0 saturated heterocycles. The Morgan fingerprint density at radius 3 is 1.35 bits per heavy atom. The zero-order valence-electron chi connectivity index (χ0n) is 35.1. The molecule has 0 aliphatic carbocycles. The Morgan fingerprint density at radius 1 is 0.619 bits per heavy atom. The molecule has 340 valence electrons. The van der Waals surface area contributed by atoms with Gasteiger partial charge < -0.3 is 45.0 Å². The molecule has 0 spiro atoms. The smallest absolute Gasteiger partial charge is 0.297 e. The van der Waals surface area contributed by atoms with Gasteiger partial charge in [0.1, 0.15) is 32.7 Å². The SMILES string of the molecule is CCN(CC)c1cc(Nc2nc(Nc3cc(N(CC)CC)c(OC)cc3/N=N/c3sccc3S(=O)(=O)O)nc(N(CCO)CCO)n2)c(/N=N/c2sccc2S(=O)(=O)O)cc1OC. The number of ether oxygens (including phenoxy) is 2. The average molecular weight is 949 g/mol. The Hall–Kier alpha value is -5.61. The first-order chi connectivity index (χ1) is 30.1. The Kier molecular flexibility index (Phi) is 16.6. The molecule has 0 atom stereocenters. The van der Waals surface area contributed by atoms with E-state index in [-0.39, 0.29) is 65.5 Å². The number of methoxy groups -OCH3 is 2. The first-order valence-electron chi connectivity index (χ1n) is 19.3. The second-order valence-corrected chi connectivity index (χ2v) is 17.5. The van der Waals surface area contributed by atoms with Crippen molar-refractivity contribution in [2.45, 2.75) is 37.5 Å². The van der Waals surface area contributed by atoms with E-state index < -0.39 is 30.0 Å². The summed E-state index contributed by atoms with van der Waals surface area (Å²) in [7, 11) is -6.23. The van der Waals surface area contributed by atoms with Gasteiger partial charge >= 0.3 is 0 Å². The predicted molar refractivity (Wildman–Crippen MR) is 243 cm³/mol. The van der Waals surface area contributed by atoms with Crippen LogP contribution in [0.25, 0.3) is 0 Å². The lowest BCUT2D eigenvalue weighted by Crippen LogP contribution is -2.31. The lowest BCUT2D eigenvalue weighted by molar-refractivity contribution is 0.280. The third-order valence-corrected chi connectivity index (χ3v) is 12.8. The van der Waals surface area contributed by atoms with E-state index in [2.05, 4.69) is 46.0 Å². The van der Waals surface area contributed by atoms with Crippen LogP contribution in [0.3, 0.4) is 0 Å². The molecule has 5 rings (SSSR count). The van der Waals surface area contributed by atoms with Crippen LogP contribution in [0.5, 0.6) is 11.5 Å². The van der Waals surface area contributed by atoms with E-state index in [1.54, 1.807) is 24.3 Å². The van der Waals surface area contributed by atoms with E-state index in [1.165, 1.54) is 42.0 Å². The van der Waals surface area contributed by atoms with Gasteiger partial charge in [-0.25, -0.2) is 0 Å². The van der Waals surface area contributed by atoms with E-state index in [0.717, 1.165) is 22.7 Å². The monoisotopic (exact) mass is 948 g/mol. The quantitative estimate of drug-likeness (QED) is 0.0276. The van der Waals surface area contributed by atoms with E-state index in [4.69, 9.17) is 9.47 Å². The maximum Gasteiger partial charge on any atom is 0.297 e. The number of azo groups is 2. The van der Waals surface area contributed by atoms with E-state index >= 15 is 0 Å². The highest BCUT2D eigenvalue weighted by molar-refractivity contribution is 7.86. The molecule has 0 fully saturated rings. The topological polar surface area (TPSA) is 290 Å². The summed E-state index contributed by atoms with van der Waals surface area (Å²) in [6.45, 7) is 9.70. The minimum Gasteiger partial charge on any atom is -0.494 e. The van der Waals surface area contributed by atoms with Crippen molar-refractivity contribution < 1.29 is 45.6 Å². The van der Waals surface area contributed by atoms with E-state index in [0.29, 0.717) is 60.4 Å². The number of thiophene rings is 2. The molecule has 22 nitrogen and oxygen atoms in total. The summed E-state index contributed by atoms with van der Waals surface area (Å²) >= 11 is 1.90. The van der Waals surface area contributed by atoms with Gasteiger partial charge in [-0.1, -0.05) is 0 Å². The van der Waals surface area contributed by atoms with Crippen LogP contribution < -0.4 is 34.8 Å². The van der Waals surface area contributed by atoms with Crippen molar-refractivity contribution in [3.63, 3.8) is 0 Å². The summed E-state index contributed by atoms with van der Waals surface area (Å²) in [4.78, 5) is 18.7. The molecule has 3 heterocycles. The van der Waals surface area contributed by atoms with Crippen LogP contribution in [0.15, 0.2) is 77.4 Å². The fraction of sp³-hybridized carbons (Fsp3) is 0.378. The van der Waals surface area contributed by atoms with Crippen LogP contribution in [0.4, 0.5) is 62.0 Å². The van der Waals surface area contributed by atoms with Gasteiger partial charge in [-0.05, 0) is 62.7 Å². The Labute approximate surface area is 372 Å². The molecule has 2 aromatic carbocycles. The molecule has 26 heteroatoms. The summed E-state index contributed by atoms with van der Waals surface area (Å²) in [6, 6.07) is 9.08. The van der Waals surface area contributed by atoms with Crippen molar-refractivity contribution in [1.29, 1.82) is 0 Å².